The first-order valence-electron chi connectivity index (χ1n) is 8.09. The average Bonchev–Trinajstić information content (AvgIpc) is 3.00. The lowest BCUT2D eigenvalue weighted by Gasteiger charge is -2.19. The van der Waals surface area contributed by atoms with Crippen molar-refractivity contribution in [2.24, 2.45) is 11.3 Å². The van der Waals surface area contributed by atoms with E-state index < -0.39 is 0 Å². The molecule has 0 bridgehead atoms. The molecule has 0 saturated heterocycles. The minimum absolute atomic E-state index is 0.0425. The highest BCUT2D eigenvalue weighted by Crippen LogP contribution is 2.51. The molecular formula is C17H30N4. The monoisotopic (exact) mass is 290 g/mol. The normalized spacial score (nSPS) is 20.2. The van der Waals surface area contributed by atoms with Gasteiger partial charge in [0.15, 0.2) is 0 Å². The second-order valence-electron chi connectivity index (χ2n) is 7.91. The average molecular weight is 290 g/mol. The Labute approximate surface area is 129 Å². The van der Waals surface area contributed by atoms with Crippen molar-refractivity contribution < 1.29 is 0 Å². The van der Waals surface area contributed by atoms with Gasteiger partial charge in [0.05, 0.1) is 0 Å². The van der Waals surface area contributed by atoms with E-state index >= 15 is 0 Å². The molecule has 1 heterocycles. The van der Waals surface area contributed by atoms with Crippen LogP contribution in [0, 0.1) is 11.3 Å². The van der Waals surface area contributed by atoms with Crippen LogP contribution in [0.5, 0.6) is 0 Å². The maximum atomic E-state index is 4.70. The summed E-state index contributed by atoms with van der Waals surface area (Å²) < 4.78 is 0. The first-order valence-corrected chi connectivity index (χ1v) is 8.09. The van der Waals surface area contributed by atoms with Crippen LogP contribution < -0.4 is 10.6 Å². The van der Waals surface area contributed by atoms with Crippen LogP contribution >= 0.6 is 0 Å². The highest BCUT2D eigenvalue weighted by Gasteiger charge is 2.45. The molecule has 1 aliphatic rings. The largest absolute Gasteiger partial charge is 0.370 e. The lowest BCUT2D eigenvalue weighted by molar-refractivity contribution is 0.545. The van der Waals surface area contributed by atoms with E-state index in [1.165, 1.54) is 6.42 Å². The number of anilines is 2. The zero-order valence-corrected chi connectivity index (χ0v) is 14.4. The van der Waals surface area contributed by atoms with Crippen molar-refractivity contribution in [1.82, 2.24) is 9.97 Å². The number of nitrogens with zero attached hydrogens (tertiary/aromatic N) is 2. The molecule has 1 aromatic heterocycles. The molecule has 1 unspecified atom stereocenters. The maximum absolute atomic E-state index is 4.70. The summed E-state index contributed by atoms with van der Waals surface area (Å²) in [6.07, 6.45) is 2.39. The molecule has 0 amide bonds. The van der Waals surface area contributed by atoms with E-state index in [1.807, 2.05) is 6.07 Å². The van der Waals surface area contributed by atoms with Crippen molar-refractivity contribution in [1.29, 1.82) is 0 Å². The number of hydrogen-bond acceptors (Lipinski definition) is 4. The number of nitrogens with one attached hydrogen (secondary N) is 2. The summed E-state index contributed by atoms with van der Waals surface area (Å²) in [5.41, 5.74) is 0.454. The number of hydrogen-bond donors (Lipinski definition) is 2. The standard InChI is InChI=1S/C17H30N4/c1-7-8-18-13-9-14(19-11-12-10-17(12,5)6)21-15(20-13)16(2,3)4/h9,12H,7-8,10-11H2,1-6H3,(H2,18,19,20,21). The van der Waals surface area contributed by atoms with Crippen molar-refractivity contribution in [3.05, 3.63) is 11.9 Å². The van der Waals surface area contributed by atoms with Gasteiger partial charge in [-0.05, 0) is 24.2 Å². The van der Waals surface area contributed by atoms with Gasteiger partial charge in [-0.15, -0.1) is 0 Å². The fourth-order valence-electron chi connectivity index (χ4n) is 2.37. The molecule has 4 nitrogen and oxygen atoms in total. The zero-order valence-electron chi connectivity index (χ0n) is 14.4. The number of rotatable bonds is 6. The molecule has 0 aliphatic heterocycles. The molecule has 2 rings (SSSR count). The smallest absolute Gasteiger partial charge is 0.138 e. The van der Waals surface area contributed by atoms with Gasteiger partial charge in [0.1, 0.15) is 17.5 Å². The summed E-state index contributed by atoms with van der Waals surface area (Å²) in [5, 5.41) is 6.88. The lowest BCUT2D eigenvalue weighted by Crippen LogP contribution is -2.19. The van der Waals surface area contributed by atoms with Gasteiger partial charge in [-0.25, -0.2) is 9.97 Å². The summed E-state index contributed by atoms with van der Waals surface area (Å²) in [5.74, 6) is 3.52. The maximum Gasteiger partial charge on any atom is 0.138 e. The van der Waals surface area contributed by atoms with Crippen LogP contribution in [-0.2, 0) is 5.41 Å². The topological polar surface area (TPSA) is 49.8 Å². The van der Waals surface area contributed by atoms with Crippen LogP contribution in [0.1, 0.15) is 60.2 Å². The predicted octanol–water partition coefficient (Wildman–Crippen LogP) is 4.05. The van der Waals surface area contributed by atoms with E-state index in [4.69, 9.17) is 4.98 Å². The van der Waals surface area contributed by atoms with E-state index in [0.29, 0.717) is 5.41 Å². The second kappa shape index (κ2) is 5.82. The van der Waals surface area contributed by atoms with Gasteiger partial charge in [-0.1, -0.05) is 41.5 Å². The van der Waals surface area contributed by atoms with Crippen molar-refractivity contribution in [2.75, 3.05) is 23.7 Å². The van der Waals surface area contributed by atoms with Crippen molar-refractivity contribution in [2.45, 2.75) is 59.8 Å². The van der Waals surface area contributed by atoms with Gasteiger partial charge in [-0.2, -0.15) is 0 Å². The van der Waals surface area contributed by atoms with E-state index in [0.717, 1.165) is 42.9 Å². The van der Waals surface area contributed by atoms with Gasteiger partial charge in [0.2, 0.25) is 0 Å². The fraction of sp³-hybridized carbons (Fsp3) is 0.765. The molecule has 1 saturated carbocycles. The van der Waals surface area contributed by atoms with Gasteiger partial charge >= 0.3 is 0 Å². The molecule has 0 radical (unpaired) electrons. The molecule has 1 aliphatic carbocycles. The Morgan fingerprint density at radius 3 is 2.24 bits per heavy atom. The molecule has 21 heavy (non-hydrogen) atoms. The highest BCUT2D eigenvalue weighted by molar-refractivity contribution is 5.48. The molecule has 4 heteroatoms. The SMILES string of the molecule is CCCNc1cc(NCC2CC2(C)C)nc(C(C)(C)C)n1. The minimum Gasteiger partial charge on any atom is -0.370 e. The molecule has 1 aromatic rings. The van der Waals surface area contributed by atoms with E-state index in [9.17, 15) is 0 Å². The molecular weight excluding hydrogens is 260 g/mol. The lowest BCUT2D eigenvalue weighted by atomic mass is 9.96. The third-order valence-corrected chi connectivity index (χ3v) is 4.20. The van der Waals surface area contributed by atoms with Crippen molar-refractivity contribution in [3.63, 3.8) is 0 Å². The molecule has 1 atom stereocenters. The molecule has 2 N–H and O–H groups in total. The summed E-state index contributed by atoms with van der Waals surface area (Å²) in [7, 11) is 0. The Bertz CT molecular complexity index is 488. The summed E-state index contributed by atoms with van der Waals surface area (Å²) >= 11 is 0. The minimum atomic E-state index is -0.0425. The van der Waals surface area contributed by atoms with E-state index in [-0.39, 0.29) is 5.41 Å². The highest BCUT2D eigenvalue weighted by atomic mass is 15.1. The third-order valence-electron chi connectivity index (χ3n) is 4.20. The van der Waals surface area contributed by atoms with E-state index in [1.54, 1.807) is 0 Å². The van der Waals surface area contributed by atoms with Crippen LogP contribution in [0.25, 0.3) is 0 Å². The summed E-state index contributed by atoms with van der Waals surface area (Å²) in [4.78, 5) is 9.35. The summed E-state index contributed by atoms with van der Waals surface area (Å²) in [6.45, 7) is 15.2. The second-order valence-corrected chi connectivity index (χ2v) is 7.91. The van der Waals surface area contributed by atoms with Crippen molar-refractivity contribution in [3.8, 4) is 0 Å². The molecule has 1 fully saturated rings. The van der Waals surface area contributed by atoms with E-state index in [2.05, 4.69) is 57.2 Å². The quantitative estimate of drug-likeness (QED) is 0.829. The fourth-order valence-corrected chi connectivity index (χ4v) is 2.37. The van der Waals surface area contributed by atoms with Gasteiger partial charge in [0, 0.05) is 24.6 Å². The van der Waals surface area contributed by atoms with Gasteiger partial charge in [-0.3, -0.25) is 0 Å². The van der Waals surface area contributed by atoms with Crippen molar-refractivity contribution >= 4 is 11.6 Å². The first-order chi connectivity index (χ1) is 9.72. The Morgan fingerprint density at radius 2 is 1.76 bits per heavy atom. The van der Waals surface area contributed by atoms with Crippen LogP contribution in [-0.4, -0.2) is 23.1 Å². The zero-order chi connectivity index (χ0) is 15.7. The molecule has 118 valence electrons. The Morgan fingerprint density at radius 1 is 1.19 bits per heavy atom. The Balaban J connectivity index is 2.11. The third kappa shape index (κ3) is 4.32. The molecule has 0 aromatic carbocycles. The van der Waals surface area contributed by atoms with Gasteiger partial charge < -0.3 is 10.6 Å². The molecule has 0 spiro atoms. The van der Waals surface area contributed by atoms with Crippen LogP contribution in [0.4, 0.5) is 11.6 Å². The Kier molecular flexibility index (Phi) is 4.45. The van der Waals surface area contributed by atoms with Crippen LogP contribution in [0.15, 0.2) is 6.07 Å². The van der Waals surface area contributed by atoms with Crippen LogP contribution in [0.2, 0.25) is 0 Å². The Hall–Kier alpha value is -1.32. The summed E-state index contributed by atoms with van der Waals surface area (Å²) in [6, 6.07) is 2.03. The first kappa shape index (κ1) is 16.1. The van der Waals surface area contributed by atoms with Crippen LogP contribution in [0.3, 0.4) is 0 Å². The van der Waals surface area contributed by atoms with Gasteiger partial charge in [0.25, 0.3) is 0 Å². The predicted molar refractivity (Wildman–Crippen MR) is 89.9 cm³/mol. The number of aromatic nitrogens is 2.